The average molecular weight is 249 g/mol. The van der Waals surface area contributed by atoms with Gasteiger partial charge < -0.3 is 4.90 Å². The number of hydrogen-bond donors (Lipinski definition) is 0. The third-order valence-corrected chi connectivity index (χ3v) is 3.49. The molecule has 1 aromatic heterocycles. The van der Waals surface area contributed by atoms with Crippen LogP contribution < -0.4 is 10.5 Å². The van der Waals surface area contributed by atoms with Crippen molar-refractivity contribution in [3.63, 3.8) is 0 Å². The predicted octanol–water partition coefficient (Wildman–Crippen LogP) is 1.07. The summed E-state index contributed by atoms with van der Waals surface area (Å²) in [5.41, 5.74) is 0.539. The highest BCUT2D eigenvalue weighted by molar-refractivity contribution is 5.80. The van der Waals surface area contributed by atoms with Gasteiger partial charge in [0, 0.05) is 26.1 Å². The van der Waals surface area contributed by atoms with Crippen LogP contribution in [0.1, 0.15) is 25.7 Å². The van der Waals surface area contributed by atoms with Crippen molar-refractivity contribution in [3.05, 3.63) is 22.6 Å². The molecule has 0 saturated heterocycles. The summed E-state index contributed by atoms with van der Waals surface area (Å²) >= 11 is 0. The van der Waals surface area contributed by atoms with Gasteiger partial charge in [-0.1, -0.05) is 12.8 Å². The SMILES string of the molecule is CN(C)c1cnn(CC(=O)C2CCCC2)c(=O)c1. The van der Waals surface area contributed by atoms with Crippen LogP contribution in [0.3, 0.4) is 0 Å². The summed E-state index contributed by atoms with van der Waals surface area (Å²) in [4.78, 5) is 25.6. The van der Waals surface area contributed by atoms with Crippen LogP contribution in [0.5, 0.6) is 0 Å². The van der Waals surface area contributed by atoms with E-state index in [1.54, 1.807) is 6.20 Å². The topological polar surface area (TPSA) is 55.2 Å². The lowest BCUT2D eigenvalue weighted by Gasteiger charge is -2.13. The fraction of sp³-hybridized carbons (Fsp3) is 0.615. The molecule has 0 aliphatic heterocycles. The molecular weight excluding hydrogens is 230 g/mol. The van der Waals surface area contributed by atoms with Crippen molar-refractivity contribution >= 4 is 11.5 Å². The maximum absolute atomic E-state index is 12.0. The predicted molar refractivity (Wildman–Crippen MR) is 69.8 cm³/mol. The van der Waals surface area contributed by atoms with Gasteiger partial charge in [-0.05, 0) is 12.8 Å². The number of rotatable bonds is 4. The Morgan fingerprint density at radius 1 is 1.44 bits per heavy atom. The third kappa shape index (κ3) is 2.78. The average Bonchev–Trinajstić information content (AvgIpc) is 2.85. The summed E-state index contributed by atoms with van der Waals surface area (Å²) in [7, 11) is 3.70. The molecule has 5 heteroatoms. The first-order valence-electron chi connectivity index (χ1n) is 6.35. The Bertz CT molecular complexity index is 487. The molecule has 2 rings (SSSR count). The number of anilines is 1. The van der Waals surface area contributed by atoms with Crippen LogP contribution in [0.4, 0.5) is 5.69 Å². The van der Waals surface area contributed by atoms with Crippen LogP contribution in [0.25, 0.3) is 0 Å². The third-order valence-electron chi connectivity index (χ3n) is 3.49. The summed E-state index contributed by atoms with van der Waals surface area (Å²) in [5.74, 6) is 0.270. The highest BCUT2D eigenvalue weighted by atomic mass is 16.1. The number of Topliss-reactive ketones (excluding diaryl/α,β-unsaturated/α-hetero) is 1. The van der Waals surface area contributed by atoms with Gasteiger partial charge in [-0.2, -0.15) is 5.10 Å². The number of aromatic nitrogens is 2. The van der Waals surface area contributed by atoms with Crippen LogP contribution >= 0.6 is 0 Å². The van der Waals surface area contributed by atoms with Gasteiger partial charge in [-0.15, -0.1) is 0 Å². The lowest BCUT2D eigenvalue weighted by molar-refractivity contribution is -0.123. The van der Waals surface area contributed by atoms with Crippen molar-refractivity contribution < 1.29 is 4.79 Å². The van der Waals surface area contributed by atoms with E-state index in [0.717, 1.165) is 31.4 Å². The van der Waals surface area contributed by atoms with Gasteiger partial charge in [0.2, 0.25) is 0 Å². The molecule has 0 amide bonds. The second-order valence-electron chi connectivity index (χ2n) is 5.05. The Kier molecular flexibility index (Phi) is 3.79. The molecular formula is C13H19N3O2. The molecule has 0 N–H and O–H groups in total. The molecule has 1 aliphatic rings. The van der Waals surface area contributed by atoms with Crippen LogP contribution in [-0.2, 0) is 11.3 Å². The Labute approximate surface area is 106 Å². The summed E-state index contributed by atoms with van der Waals surface area (Å²) in [5, 5.41) is 4.05. The summed E-state index contributed by atoms with van der Waals surface area (Å²) in [6, 6.07) is 1.51. The first-order valence-corrected chi connectivity index (χ1v) is 6.35. The fourth-order valence-electron chi connectivity index (χ4n) is 2.31. The van der Waals surface area contributed by atoms with Crippen LogP contribution in [0.15, 0.2) is 17.1 Å². The van der Waals surface area contributed by atoms with Crippen molar-refractivity contribution in [1.29, 1.82) is 0 Å². The van der Waals surface area contributed by atoms with E-state index < -0.39 is 0 Å². The Hall–Kier alpha value is -1.65. The lowest BCUT2D eigenvalue weighted by atomic mass is 10.0. The van der Waals surface area contributed by atoms with E-state index in [2.05, 4.69) is 5.10 Å². The number of carbonyl (C=O) groups is 1. The van der Waals surface area contributed by atoms with E-state index in [9.17, 15) is 9.59 Å². The summed E-state index contributed by atoms with van der Waals surface area (Å²) in [6.07, 6.45) is 5.78. The first kappa shape index (κ1) is 12.8. The van der Waals surface area contributed by atoms with E-state index >= 15 is 0 Å². The molecule has 0 atom stereocenters. The number of ketones is 1. The molecule has 5 nitrogen and oxygen atoms in total. The maximum Gasteiger partial charge on any atom is 0.269 e. The van der Waals surface area contributed by atoms with Crippen molar-refractivity contribution in [3.8, 4) is 0 Å². The van der Waals surface area contributed by atoms with Gasteiger partial charge in [0.1, 0.15) is 6.54 Å². The quantitative estimate of drug-likeness (QED) is 0.801. The van der Waals surface area contributed by atoms with Crippen LogP contribution in [0, 0.1) is 5.92 Å². The van der Waals surface area contributed by atoms with Crippen molar-refractivity contribution in [2.24, 2.45) is 5.92 Å². The standard InChI is InChI=1S/C13H19N3O2/c1-15(2)11-7-13(18)16(14-8-11)9-12(17)10-5-3-4-6-10/h7-8,10H,3-6,9H2,1-2H3. The Morgan fingerprint density at radius 3 is 2.67 bits per heavy atom. The van der Waals surface area contributed by atoms with Gasteiger partial charge in [0.15, 0.2) is 5.78 Å². The van der Waals surface area contributed by atoms with Crippen molar-refractivity contribution in [2.45, 2.75) is 32.2 Å². The molecule has 1 heterocycles. The smallest absolute Gasteiger partial charge is 0.269 e. The first-order chi connectivity index (χ1) is 8.58. The van der Waals surface area contributed by atoms with E-state index in [4.69, 9.17) is 0 Å². The summed E-state index contributed by atoms with van der Waals surface area (Å²) in [6.45, 7) is 0.108. The van der Waals surface area contributed by atoms with E-state index in [-0.39, 0.29) is 23.8 Å². The molecule has 1 fully saturated rings. The van der Waals surface area contributed by atoms with Gasteiger partial charge in [-0.3, -0.25) is 9.59 Å². The zero-order valence-corrected chi connectivity index (χ0v) is 10.9. The minimum atomic E-state index is -0.215. The number of carbonyl (C=O) groups excluding carboxylic acids is 1. The Balaban J connectivity index is 2.09. The summed E-state index contributed by atoms with van der Waals surface area (Å²) < 4.78 is 1.26. The van der Waals surface area contributed by atoms with E-state index in [1.807, 2.05) is 19.0 Å². The minimum Gasteiger partial charge on any atom is -0.376 e. The second-order valence-corrected chi connectivity index (χ2v) is 5.05. The number of nitrogens with zero attached hydrogens (tertiary/aromatic N) is 3. The molecule has 1 aliphatic carbocycles. The molecule has 1 saturated carbocycles. The molecule has 1 aromatic rings. The molecule has 0 unspecified atom stereocenters. The highest BCUT2D eigenvalue weighted by Crippen LogP contribution is 2.25. The van der Waals surface area contributed by atoms with Gasteiger partial charge in [-0.25, -0.2) is 4.68 Å². The van der Waals surface area contributed by atoms with Gasteiger partial charge in [0.05, 0.1) is 11.9 Å². The minimum absolute atomic E-state index is 0.108. The molecule has 98 valence electrons. The zero-order chi connectivity index (χ0) is 13.1. The normalized spacial score (nSPS) is 15.9. The monoisotopic (exact) mass is 249 g/mol. The molecule has 0 aromatic carbocycles. The molecule has 0 spiro atoms. The van der Waals surface area contributed by atoms with Crippen LogP contribution in [-0.4, -0.2) is 29.7 Å². The second kappa shape index (κ2) is 5.33. The van der Waals surface area contributed by atoms with E-state index in [0.29, 0.717) is 0 Å². The maximum atomic E-state index is 12.0. The van der Waals surface area contributed by atoms with Crippen molar-refractivity contribution in [2.75, 3.05) is 19.0 Å². The van der Waals surface area contributed by atoms with Crippen LogP contribution in [0.2, 0.25) is 0 Å². The molecule has 0 radical (unpaired) electrons. The highest BCUT2D eigenvalue weighted by Gasteiger charge is 2.23. The largest absolute Gasteiger partial charge is 0.376 e. The zero-order valence-electron chi connectivity index (χ0n) is 10.9. The Morgan fingerprint density at radius 2 is 2.11 bits per heavy atom. The van der Waals surface area contributed by atoms with Gasteiger partial charge in [0.25, 0.3) is 5.56 Å². The number of hydrogen-bond acceptors (Lipinski definition) is 4. The molecule has 18 heavy (non-hydrogen) atoms. The van der Waals surface area contributed by atoms with Gasteiger partial charge >= 0.3 is 0 Å². The van der Waals surface area contributed by atoms with Crippen molar-refractivity contribution in [1.82, 2.24) is 9.78 Å². The van der Waals surface area contributed by atoms with E-state index in [1.165, 1.54) is 10.7 Å². The fourth-order valence-corrected chi connectivity index (χ4v) is 2.31. The lowest BCUT2D eigenvalue weighted by Crippen LogP contribution is -2.29. The molecule has 0 bridgehead atoms.